The molecule has 2 atom stereocenters. The SMILES string of the molecule is CCCC1(N(c2ccccc2)c2ccc3c(c2)C(C)(C)c2ccccc2-3)c2cc3c(cc21)C(CC)(CC)c1cc2c(cc1-3)CC2(CC)N(c1ccccc1)c1ccc2c(c1)C(C)(C)c1ccccc1-2. The zero-order chi connectivity index (χ0) is 47.2. The van der Waals surface area contributed by atoms with Crippen LogP contribution in [0.15, 0.2) is 170 Å². The topological polar surface area (TPSA) is 6.48 Å². The van der Waals surface area contributed by atoms with E-state index in [1.54, 1.807) is 0 Å². The van der Waals surface area contributed by atoms with E-state index in [1.165, 1.54) is 112 Å². The molecule has 0 heterocycles. The van der Waals surface area contributed by atoms with Crippen LogP contribution < -0.4 is 9.80 Å². The number of benzene rings is 8. The van der Waals surface area contributed by atoms with Crippen LogP contribution in [0.2, 0.25) is 0 Å². The summed E-state index contributed by atoms with van der Waals surface area (Å²) >= 11 is 0. The molecule has 8 aromatic rings. The maximum Gasteiger partial charge on any atom is 0.0962 e. The van der Waals surface area contributed by atoms with Gasteiger partial charge in [0.1, 0.15) is 0 Å². The van der Waals surface area contributed by atoms with E-state index in [0.29, 0.717) is 0 Å². The fraction of sp³-hybridized carbons (Fsp3) is 0.284. The van der Waals surface area contributed by atoms with E-state index in [1.807, 2.05) is 0 Å². The van der Waals surface area contributed by atoms with Gasteiger partial charge < -0.3 is 9.80 Å². The van der Waals surface area contributed by atoms with Gasteiger partial charge in [-0.05, 0) is 169 Å². The molecule has 5 aliphatic rings. The summed E-state index contributed by atoms with van der Waals surface area (Å²) in [5.41, 5.74) is 27.6. The average Bonchev–Trinajstić information content (AvgIpc) is 3.68. The fourth-order valence-electron chi connectivity index (χ4n) is 14.8. The largest absolute Gasteiger partial charge is 0.331 e. The Bertz CT molecular complexity index is 3410. The summed E-state index contributed by atoms with van der Waals surface area (Å²) in [7, 11) is 0. The summed E-state index contributed by atoms with van der Waals surface area (Å²) in [6, 6.07) is 65.9. The minimum atomic E-state index is -0.225. The lowest BCUT2D eigenvalue weighted by molar-refractivity contribution is 0.361. The molecule has 2 nitrogen and oxygen atoms in total. The lowest BCUT2D eigenvalue weighted by Crippen LogP contribution is -2.52. The van der Waals surface area contributed by atoms with Crippen molar-refractivity contribution >= 4 is 22.7 Å². The van der Waals surface area contributed by atoms with Crippen molar-refractivity contribution < 1.29 is 0 Å². The van der Waals surface area contributed by atoms with Gasteiger partial charge in [0.2, 0.25) is 0 Å². The number of anilines is 4. The molecule has 2 heteroatoms. The molecule has 342 valence electrons. The summed E-state index contributed by atoms with van der Waals surface area (Å²) in [6.45, 7) is 19.3. The third kappa shape index (κ3) is 5.44. The van der Waals surface area contributed by atoms with E-state index in [0.717, 1.165) is 38.5 Å². The predicted octanol–water partition coefficient (Wildman–Crippen LogP) is 17.6. The molecule has 0 saturated heterocycles. The molecule has 0 spiro atoms. The Morgan fingerprint density at radius 2 is 0.826 bits per heavy atom. The smallest absolute Gasteiger partial charge is 0.0962 e. The molecule has 0 saturated carbocycles. The van der Waals surface area contributed by atoms with Crippen LogP contribution in [0.3, 0.4) is 0 Å². The fourth-order valence-corrected chi connectivity index (χ4v) is 14.8. The average molecular weight is 897 g/mol. The molecule has 8 aromatic carbocycles. The third-order valence-electron chi connectivity index (χ3n) is 18.4. The summed E-state index contributed by atoms with van der Waals surface area (Å²) in [5.74, 6) is 0. The Morgan fingerprint density at radius 1 is 0.362 bits per heavy atom. The minimum Gasteiger partial charge on any atom is -0.331 e. The van der Waals surface area contributed by atoms with E-state index in [-0.39, 0.29) is 27.3 Å². The van der Waals surface area contributed by atoms with Gasteiger partial charge >= 0.3 is 0 Å². The van der Waals surface area contributed by atoms with Crippen LogP contribution in [-0.2, 0) is 33.7 Å². The van der Waals surface area contributed by atoms with Gasteiger partial charge in [0.05, 0.1) is 11.1 Å². The van der Waals surface area contributed by atoms with Gasteiger partial charge in [-0.25, -0.2) is 0 Å². The van der Waals surface area contributed by atoms with Gasteiger partial charge in [-0.15, -0.1) is 0 Å². The molecule has 0 aliphatic heterocycles. The van der Waals surface area contributed by atoms with Crippen LogP contribution >= 0.6 is 0 Å². The normalized spacial score (nSPS) is 20.3. The first-order chi connectivity index (χ1) is 33.5. The molecule has 0 aromatic heterocycles. The van der Waals surface area contributed by atoms with Crippen molar-refractivity contribution in [1.29, 1.82) is 0 Å². The first-order valence-corrected chi connectivity index (χ1v) is 26.1. The Balaban J connectivity index is 0.944. The molecule has 13 rings (SSSR count). The van der Waals surface area contributed by atoms with E-state index < -0.39 is 0 Å². The van der Waals surface area contributed by atoms with Crippen molar-refractivity contribution in [2.45, 2.75) is 121 Å². The second kappa shape index (κ2) is 14.7. The quantitative estimate of drug-likeness (QED) is 0.128. The predicted molar refractivity (Wildman–Crippen MR) is 290 cm³/mol. The first-order valence-electron chi connectivity index (χ1n) is 26.1. The monoisotopic (exact) mass is 897 g/mol. The minimum absolute atomic E-state index is 0.0736. The highest BCUT2D eigenvalue weighted by atomic mass is 15.2. The third-order valence-corrected chi connectivity index (χ3v) is 18.4. The van der Waals surface area contributed by atoms with Gasteiger partial charge in [0.25, 0.3) is 0 Å². The lowest BCUT2D eigenvalue weighted by Gasteiger charge is -2.53. The number of rotatable bonds is 11. The Hall–Kier alpha value is -6.64. The van der Waals surface area contributed by atoms with Crippen LogP contribution in [0.25, 0.3) is 33.4 Å². The summed E-state index contributed by atoms with van der Waals surface area (Å²) in [6.07, 6.45) is 6.30. The van der Waals surface area contributed by atoms with Crippen LogP contribution in [0.1, 0.15) is 143 Å². The van der Waals surface area contributed by atoms with Crippen molar-refractivity contribution in [3.63, 3.8) is 0 Å². The number of fused-ring (bicyclic) bond motifs is 11. The van der Waals surface area contributed by atoms with Crippen LogP contribution in [-0.4, -0.2) is 0 Å². The lowest BCUT2D eigenvalue weighted by atomic mass is 9.64. The van der Waals surface area contributed by atoms with E-state index in [9.17, 15) is 0 Å². The van der Waals surface area contributed by atoms with Crippen LogP contribution in [0.5, 0.6) is 0 Å². The Morgan fingerprint density at radius 3 is 1.36 bits per heavy atom. The summed E-state index contributed by atoms with van der Waals surface area (Å²) in [4.78, 5) is 5.44. The number of nitrogens with zero attached hydrogens (tertiary/aromatic N) is 2. The molecule has 0 fully saturated rings. The van der Waals surface area contributed by atoms with Crippen molar-refractivity contribution in [2.75, 3.05) is 9.80 Å². The Kier molecular flexibility index (Phi) is 9.04. The molecular formula is C67H64N2. The maximum atomic E-state index is 2.72. The van der Waals surface area contributed by atoms with Crippen molar-refractivity contribution in [2.24, 2.45) is 0 Å². The van der Waals surface area contributed by atoms with Gasteiger partial charge in [0, 0.05) is 45.4 Å². The first kappa shape index (κ1) is 42.5. The molecule has 0 bridgehead atoms. The van der Waals surface area contributed by atoms with E-state index in [2.05, 4.69) is 235 Å². The molecule has 2 unspecified atom stereocenters. The van der Waals surface area contributed by atoms with Crippen molar-refractivity contribution in [3.8, 4) is 33.4 Å². The van der Waals surface area contributed by atoms with Gasteiger partial charge in [-0.3, -0.25) is 0 Å². The van der Waals surface area contributed by atoms with E-state index >= 15 is 0 Å². The Labute approximate surface area is 410 Å². The van der Waals surface area contributed by atoms with Crippen molar-refractivity contribution in [3.05, 3.63) is 225 Å². The zero-order valence-electron chi connectivity index (χ0n) is 41.8. The highest BCUT2D eigenvalue weighted by Crippen LogP contribution is 2.66. The summed E-state index contributed by atoms with van der Waals surface area (Å²) in [5, 5.41) is 0. The highest BCUT2D eigenvalue weighted by Gasteiger charge is 2.58. The van der Waals surface area contributed by atoms with Gasteiger partial charge in [0.15, 0.2) is 0 Å². The van der Waals surface area contributed by atoms with Gasteiger partial charge in [-0.2, -0.15) is 0 Å². The summed E-state index contributed by atoms with van der Waals surface area (Å²) < 4.78 is 0. The standard InChI is InChI=1S/C67H64N2/c1-9-35-67(69(45-25-17-14-18-26-45)47-32-34-51-49-28-20-22-30-55(49)64(7,8)58(51)38-47)61-39-53-52-36-43-42-66(12-4,56(43)40-59(52)65(10-2,11-3)60(53)41-62(61)67)68(44-23-15-13-16-24-44)46-31-33-50-48-27-19-21-29-54(48)63(5,6)57(50)37-46/h13-34,36-41H,9-12,35,42H2,1-8H3. The van der Waals surface area contributed by atoms with Crippen LogP contribution in [0.4, 0.5) is 22.7 Å². The van der Waals surface area contributed by atoms with Crippen molar-refractivity contribution in [1.82, 2.24) is 0 Å². The zero-order valence-corrected chi connectivity index (χ0v) is 41.8. The van der Waals surface area contributed by atoms with Gasteiger partial charge in [-0.1, -0.05) is 177 Å². The maximum absolute atomic E-state index is 2.72. The highest BCUT2D eigenvalue weighted by molar-refractivity contribution is 5.91. The molecule has 69 heavy (non-hydrogen) atoms. The molecule has 5 aliphatic carbocycles. The second-order valence-electron chi connectivity index (χ2n) is 22.1. The number of hydrogen-bond acceptors (Lipinski definition) is 2. The number of para-hydroxylation sites is 2. The van der Waals surface area contributed by atoms with Crippen LogP contribution in [0, 0.1) is 0 Å². The molecule has 0 amide bonds. The molecule has 0 radical (unpaired) electrons. The molecular weight excluding hydrogens is 833 g/mol. The van der Waals surface area contributed by atoms with E-state index in [4.69, 9.17) is 0 Å². The second-order valence-corrected chi connectivity index (χ2v) is 22.1. The molecule has 0 N–H and O–H groups in total. The number of hydrogen-bond donors (Lipinski definition) is 0.